The van der Waals surface area contributed by atoms with Crippen LogP contribution >= 0.6 is 0 Å². The number of aliphatic hydroxyl groups is 1. The van der Waals surface area contributed by atoms with E-state index in [-0.39, 0.29) is 11.8 Å². The first-order valence-electron chi connectivity index (χ1n) is 4.24. The van der Waals surface area contributed by atoms with Gasteiger partial charge in [-0.05, 0) is 12.3 Å². The molecule has 72 valence electrons. The van der Waals surface area contributed by atoms with E-state index in [9.17, 15) is 14.7 Å². The van der Waals surface area contributed by atoms with Crippen molar-refractivity contribution in [2.45, 2.75) is 12.5 Å². The van der Waals surface area contributed by atoms with Crippen molar-refractivity contribution >= 4 is 11.9 Å². The van der Waals surface area contributed by atoms with Crippen LogP contribution in [0.1, 0.15) is 6.42 Å². The number of nitrogens with two attached hydrogens (primary N) is 1. The Balaban J connectivity index is 2.14. The number of hydrogen-bond acceptors (Lipinski definition) is 3. The molecular formula is C8H11NO4. The Kier molecular flexibility index (Phi) is 1.60. The van der Waals surface area contributed by atoms with E-state index in [0.717, 1.165) is 0 Å². The number of primary amides is 1. The summed E-state index contributed by atoms with van der Waals surface area (Å²) in [5.41, 5.74) is 5.10. The van der Waals surface area contributed by atoms with E-state index >= 15 is 0 Å². The second-order valence-electron chi connectivity index (χ2n) is 3.83. The van der Waals surface area contributed by atoms with Gasteiger partial charge in [-0.25, -0.2) is 0 Å². The number of carbonyl (C=O) groups excluding carboxylic acids is 1. The highest BCUT2D eigenvalue weighted by atomic mass is 16.4. The summed E-state index contributed by atoms with van der Waals surface area (Å²) >= 11 is 0. The molecule has 5 nitrogen and oxygen atoms in total. The van der Waals surface area contributed by atoms with Crippen LogP contribution in [-0.4, -0.2) is 28.2 Å². The summed E-state index contributed by atoms with van der Waals surface area (Å²) in [5.74, 6) is -2.88. The molecule has 0 aromatic rings. The molecule has 0 saturated heterocycles. The topological polar surface area (TPSA) is 101 Å². The first kappa shape index (κ1) is 8.50. The first-order valence-corrected chi connectivity index (χ1v) is 4.24. The lowest BCUT2D eigenvalue weighted by Crippen LogP contribution is -2.27. The minimum atomic E-state index is -0.931. The van der Waals surface area contributed by atoms with E-state index in [4.69, 9.17) is 10.8 Å². The molecule has 5 atom stereocenters. The van der Waals surface area contributed by atoms with Crippen molar-refractivity contribution in [1.82, 2.24) is 0 Å². The van der Waals surface area contributed by atoms with Crippen LogP contribution in [0.3, 0.4) is 0 Å². The normalized spacial score (nSPS) is 47.0. The van der Waals surface area contributed by atoms with Gasteiger partial charge in [-0.2, -0.15) is 0 Å². The standard InChI is InChI=1S/C8H11NO4/c9-7(11)2-1-3(10)5-4(2)6(5)8(12)13/h2-6,10H,1H2,(H2,9,11)(H,12,13)/t2-,3-,4?,5?,6+/m0/s1. The molecule has 2 fully saturated rings. The molecule has 2 rings (SSSR count). The number of carboxylic acids is 1. The van der Waals surface area contributed by atoms with Crippen LogP contribution in [0, 0.1) is 23.7 Å². The van der Waals surface area contributed by atoms with Crippen LogP contribution in [0.15, 0.2) is 0 Å². The fraction of sp³-hybridized carbons (Fsp3) is 0.750. The van der Waals surface area contributed by atoms with Crippen molar-refractivity contribution in [3.63, 3.8) is 0 Å². The Hall–Kier alpha value is -1.10. The molecule has 0 radical (unpaired) electrons. The number of aliphatic carboxylic acids is 1. The SMILES string of the molecule is NC(=O)[C@H]1C[C@H](O)C2C1[C@H]2C(=O)O. The van der Waals surface area contributed by atoms with Crippen LogP contribution in [0.25, 0.3) is 0 Å². The monoisotopic (exact) mass is 185 g/mol. The zero-order valence-corrected chi connectivity index (χ0v) is 6.88. The van der Waals surface area contributed by atoms with Crippen molar-refractivity contribution in [1.29, 1.82) is 0 Å². The molecule has 0 heterocycles. The van der Waals surface area contributed by atoms with Crippen LogP contribution < -0.4 is 5.73 Å². The predicted molar refractivity (Wildman–Crippen MR) is 41.4 cm³/mol. The third-order valence-electron chi connectivity index (χ3n) is 3.19. The summed E-state index contributed by atoms with van der Waals surface area (Å²) in [5, 5.41) is 18.1. The van der Waals surface area contributed by atoms with Gasteiger partial charge in [0.1, 0.15) is 0 Å². The van der Waals surface area contributed by atoms with Crippen LogP contribution in [-0.2, 0) is 9.59 Å². The average Bonchev–Trinajstić information content (AvgIpc) is 2.66. The second-order valence-corrected chi connectivity index (χ2v) is 3.83. The van der Waals surface area contributed by atoms with Gasteiger partial charge in [0.05, 0.1) is 12.0 Å². The molecule has 5 heteroatoms. The summed E-state index contributed by atoms with van der Waals surface area (Å²) in [6.07, 6.45) is -0.336. The summed E-state index contributed by atoms with van der Waals surface area (Å²) in [4.78, 5) is 21.5. The minimum absolute atomic E-state index is 0.218. The number of amides is 1. The molecule has 0 aromatic carbocycles. The van der Waals surface area contributed by atoms with Crippen molar-refractivity contribution in [3.8, 4) is 0 Å². The first-order chi connectivity index (χ1) is 6.04. The van der Waals surface area contributed by atoms with Crippen LogP contribution in [0.5, 0.6) is 0 Å². The van der Waals surface area contributed by atoms with Gasteiger partial charge in [0, 0.05) is 11.8 Å². The van der Waals surface area contributed by atoms with Gasteiger partial charge in [-0.3, -0.25) is 9.59 Å². The lowest BCUT2D eigenvalue weighted by Gasteiger charge is -2.10. The zero-order valence-electron chi connectivity index (χ0n) is 6.88. The van der Waals surface area contributed by atoms with E-state index < -0.39 is 29.8 Å². The number of fused-ring (bicyclic) bond motifs is 1. The molecule has 0 spiro atoms. The molecular weight excluding hydrogens is 174 g/mol. The Morgan fingerprint density at radius 3 is 2.31 bits per heavy atom. The van der Waals surface area contributed by atoms with E-state index in [1.165, 1.54) is 0 Å². The quantitative estimate of drug-likeness (QED) is 0.503. The van der Waals surface area contributed by atoms with Gasteiger partial charge in [0.25, 0.3) is 0 Å². The summed E-state index contributed by atoms with van der Waals surface area (Å²) in [7, 11) is 0. The smallest absolute Gasteiger partial charge is 0.307 e. The van der Waals surface area contributed by atoms with Crippen molar-refractivity contribution in [2.24, 2.45) is 29.4 Å². The molecule has 4 N–H and O–H groups in total. The summed E-state index contributed by atoms with van der Waals surface area (Å²) in [6, 6.07) is 0. The second kappa shape index (κ2) is 2.45. The molecule has 0 aromatic heterocycles. The van der Waals surface area contributed by atoms with Gasteiger partial charge in [-0.1, -0.05) is 0 Å². The summed E-state index contributed by atoms with van der Waals surface area (Å²) < 4.78 is 0. The number of rotatable bonds is 2. The van der Waals surface area contributed by atoms with E-state index in [1.54, 1.807) is 0 Å². The highest BCUT2D eigenvalue weighted by Gasteiger charge is 2.67. The fourth-order valence-electron chi connectivity index (χ4n) is 2.58. The van der Waals surface area contributed by atoms with E-state index in [0.29, 0.717) is 6.42 Å². The highest BCUT2D eigenvalue weighted by molar-refractivity contribution is 5.82. The van der Waals surface area contributed by atoms with Gasteiger partial charge in [0.2, 0.25) is 5.91 Å². The Morgan fingerprint density at radius 1 is 1.31 bits per heavy atom. The average molecular weight is 185 g/mol. The van der Waals surface area contributed by atoms with E-state index in [2.05, 4.69) is 0 Å². The molecule has 2 aliphatic carbocycles. The van der Waals surface area contributed by atoms with Gasteiger partial charge in [0.15, 0.2) is 0 Å². The third-order valence-corrected chi connectivity index (χ3v) is 3.19. The Bertz CT molecular complexity index is 277. The number of carboxylic acid groups (broad SMARTS) is 1. The van der Waals surface area contributed by atoms with Crippen molar-refractivity contribution in [2.75, 3.05) is 0 Å². The van der Waals surface area contributed by atoms with Crippen molar-refractivity contribution in [3.05, 3.63) is 0 Å². The molecule has 2 unspecified atom stereocenters. The number of carbonyl (C=O) groups is 2. The van der Waals surface area contributed by atoms with Crippen LogP contribution in [0.4, 0.5) is 0 Å². The van der Waals surface area contributed by atoms with Gasteiger partial charge >= 0.3 is 5.97 Å². The van der Waals surface area contributed by atoms with Gasteiger partial charge < -0.3 is 15.9 Å². The van der Waals surface area contributed by atoms with Crippen molar-refractivity contribution < 1.29 is 19.8 Å². The maximum Gasteiger partial charge on any atom is 0.307 e. The maximum absolute atomic E-state index is 10.9. The number of aliphatic hydroxyl groups excluding tert-OH is 1. The maximum atomic E-state index is 10.9. The van der Waals surface area contributed by atoms with E-state index in [1.807, 2.05) is 0 Å². The Labute approximate surface area is 74.5 Å². The third kappa shape index (κ3) is 1.03. The fourth-order valence-corrected chi connectivity index (χ4v) is 2.58. The zero-order chi connectivity index (χ0) is 9.75. The summed E-state index contributed by atoms with van der Waals surface area (Å²) in [6.45, 7) is 0. The number of hydrogen-bond donors (Lipinski definition) is 3. The molecule has 2 aliphatic rings. The largest absolute Gasteiger partial charge is 0.481 e. The molecule has 0 bridgehead atoms. The van der Waals surface area contributed by atoms with Gasteiger partial charge in [-0.15, -0.1) is 0 Å². The molecule has 0 aliphatic heterocycles. The minimum Gasteiger partial charge on any atom is -0.481 e. The lowest BCUT2D eigenvalue weighted by molar-refractivity contribution is -0.140. The van der Waals surface area contributed by atoms with Crippen LogP contribution in [0.2, 0.25) is 0 Å². The molecule has 2 saturated carbocycles. The Morgan fingerprint density at radius 2 is 1.92 bits per heavy atom. The predicted octanol–water partition coefficient (Wildman–Crippen LogP) is -1.20. The molecule has 13 heavy (non-hydrogen) atoms. The highest BCUT2D eigenvalue weighted by Crippen LogP contribution is 2.60. The lowest BCUT2D eigenvalue weighted by atomic mass is 9.98. The molecule has 1 amide bonds.